The number of esters is 1. The van der Waals surface area contributed by atoms with Gasteiger partial charge in [0.2, 0.25) is 0 Å². The van der Waals surface area contributed by atoms with E-state index in [9.17, 15) is 4.79 Å². The zero-order valence-electron chi connectivity index (χ0n) is 15.4. The van der Waals surface area contributed by atoms with Crippen LogP contribution in [0.4, 0.5) is 0 Å². The van der Waals surface area contributed by atoms with Crippen molar-refractivity contribution in [1.29, 1.82) is 0 Å². The number of rotatable bonds is 9. The van der Waals surface area contributed by atoms with Crippen LogP contribution in [0.5, 0.6) is 0 Å². The average Bonchev–Trinajstić information content (AvgIpc) is 2.73. The van der Waals surface area contributed by atoms with Gasteiger partial charge in [-0.25, -0.2) is 0 Å². The Morgan fingerprint density at radius 1 is 0.741 bits per heavy atom. The van der Waals surface area contributed by atoms with Crippen molar-refractivity contribution >= 4 is 5.97 Å². The monoisotopic (exact) mass is 359 g/mol. The second-order valence-electron chi connectivity index (χ2n) is 6.53. The van der Waals surface area contributed by atoms with Crippen LogP contribution in [0.25, 0.3) is 0 Å². The third-order valence-electron chi connectivity index (χ3n) is 4.44. The molecule has 3 heteroatoms. The zero-order chi connectivity index (χ0) is 18.7. The SMILES string of the molecule is O=C(OCc1ccccc1)C(Cc1ccccc1)NCCc1ccccc1. The fourth-order valence-electron chi connectivity index (χ4n) is 2.95. The summed E-state index contributed by atoms with van der Waals surface area (Å²) < 4.78 is 5.56. The lowest BCUT2D eigenvalue weighted by Crippen LogP contribution is -2.40. The van der Waals surface area contributed by atoms with Gasteiger partial charge in [0.05, 0.1) is 0 Å². The van der Waals surface area contributed by atoms with Gasteiger partial charge in [-0.05, 0) is 36.1 Å². The molecule has 138 valence electrons. The lowest BCUT2D eigenvalue weighted by atomic mass is 10.1. The lowest BCUT2D eigenvalue weighted by molar-refractivity contribution is -0.147. The van der Waals surface area contributed by atoms with Crippen LogP contribution >= 0.6 is 0 Å². The Labute approximate surface area is 161 Å². The quantitative estimate of drug-likeness (QED) is 0.583. The molecule has 3 nitrogen and oxygen atoms in total. The summed E-state index contributed by atoms with van der Waals surface area (Å²) in [7, 11) is 0. The summed E-state index contributed by atoms with van der Waals surface area (Å²) in [5.74, 6) is -0.212. The number of carbonyl (C=O) groups is 1. The Balaban J connectivity index is 1.58. The summed E-state index contributed by atoms with van der Waals surface area (Å²) in [6, 6.07) is 29.7. The summed E-state index contributed by atoms with van der Waals surface area (Å²) >= 11 is 0. The van der Waals surface area contributed by atoms with Crippen LogP contribution in [-0.4, -0.2) is 18.6 Å². The first kappa shape index (κ1) is 18.9. The molecule has 0 fully saturated rings. The van der Waals surface area contributed by atoms with Crippen LogP contribution in [0.1, 0.15) is 16.7 Å². The predicted molar refractivity (Wildman–Crippen MR) is 108 cm³/mol. The molecule has 1 N–H and O–H groups in total. The highest BCUT2D eigenvalue weighted by molar-refractivity contribution is 5.76. The van der Waals surface area contributed by atoms with Crippen LogP contribution in [0.3, 0.4) is 0 Å². The number of hydrogen-bond donors (Lipinski definition) is 1. The summed E-state index contributed by atoms with van der Waals surface area (Å²) in [4.78, 5) is 12.7. The molecular weight excluding hydrogens is 334 g/mol. The van der Waals surface area contributed by atoms with Gasteiger partial charge in [-0.1, -0.05) is 91.0 Å². The molecule has 1 atom stereocenters. The van der Waals surface area contributed by atoms with E-state index in [2.05, 4.69) is 17.4 Å². The van der Waals surface area contributed by atoms with Gasteiger partial charge in [0.25, 0.3) is 0 Å². The molecule has 0 radical (unpaired) electrons. The zero-order valence-corrected chi connectivity index (χ0v) is 15.4. The van der Waals surface area contributed by atoms with E-state index in [1.54, 1.807) is 0 Å². The van der Waals surface area contributed by atoms with E-state index in [0.717, 1.165) is 24.1 Å². The molecule has 0 amide bonds. The third-order valence-corrected chi connectivity index (χ3v) is 4.44. The first-order valence-corrected chi connectivity index (χ1v) is 9.33. The van der Waals surface area contributed by atoms with Crippen molar-refractivity contribution < 1.29 is 9.53 Å². The number of nitrogens with one attached hydrogen (secondary N) is 1. The molecular formula is C24H25NO2. The van der Waals surface area contributed by atoms with E-state index in [-0.39, 0.29) is 12.0 Å². The Bertz CT molecular complexity index is 804. The number of ether oxygens (including phenoxy) is 1. The maximum Gasteiger partial charge on any atom is 0.323 e. The van der Waals surface area contributed by atoms with E-state index < -0.39 is 0 Å². The summed E-state index contributed by atoms with van der Waals surface area (Å²) in [5.41, 5.74) is 3.36. The van der Waals surface area contributed by atoms with Crippen molar-refractivity contribution in [1.82, 2.24) is 5.32 Å². The van der Waals surface area contributed by atoms with Gasteiger partial charge >= 0.3 is 5.97 Å². The Hall–Kier alpha value is -2.91. The minimum atomic E-state index is -0.361. The first-order chi connectivity index (χ1) is 13.3. The first-order valence-electron chi connectivity index (χ1n) is 9.33. The largest absolute Gasteiger partial charge is 0.460 e. The topological polar surface area (TPSA) is 38.3 Å². The fraction of sp³-hybridized carbons (Fsp3) is 0.208. The van der Waals surface area contributed by atoms with Crippen molar-refractivity contribution in [2.45, 2.75) is 25.5 Å². The van der Waals surface area contributed by atoms with Crippen LogP contribution in [0.2, 0.25) is 0 Å². The number of hydrogen-bond acceptors (Lipinski definition) is 3. The fourth-order valence-corrected chi connectivity index (χ4v) is 2.95. The molecule has 0 heterocycles. The van der Waals surface area contributed by atoms with Gasteiger partial charge in [-0.2, -0.15) is 0 Å². The highest BCUT2D eigenvalue weighted by Gasteiger charge is 2.20. The van der Waals surface area contributed by atoms with Gasteiger partial charge in [0, 0.05) is 0 Å². The van der Waals surface area contributed by atoms with Gasteiger partial charge in [-0.3, -0.25) is 4.79 Å². The van der Waals surface area contributed by atoms with Crippen molar-refractivity contribution in [3.05, 3.63) is 108 Å². The van der Waals surface area contributed by atoms with Crippen LogP contribution in [0, 0.1) is 0 Å². The van der Waals surface area contributed by atoms with Gasteiger partial charge in [0.15, 0.2) is 0 Å². The summed E-state index contributed by atoms with van der Waals surface area (Å²) in [6.07, 6.45) is 1.49. The highest BCUT2D eigenvalue weighted by atomic mass is 16.5. The standard InChI is InChI=1S/C24H25NO2/c26-24(27-19-22-14-8-3-9-15-22)23(18-21-12-6-2-7-13-21)25-17-16-20-10-4-1-5-11-20/h1-15,23,25H,16-19H2. The average molecular weight is 359 g/mol. The Kier molecular flexibility index (Phi) is 7.19. The molecule has 0 aliphatic heterocycles. The molecule has 0 aliphatic carbocycles. The number of benzene rings is 3. The second kappa shape index (κ2) is 10.3. The molecule has 3 aromatic rings. The normalized spacial score (nSPS) is 11.7. The molecule has 0 aliphatic rings. The molecule has 3 rings (SSSR count). The Morgan fingerprint density at radius 2 is 1.26 bits per heavy atom. The second-order valence-corrected chi connectivity index (χ2v) is 6.53. The minimum Gasteiger partial charge on any atom is -0.460 e. The molecule has 0 saturated heterocycles. The molecule has 3 aromatic carbocycles. The van der Waals surface area contributed by atoms with Crippen molar-refractivity contribution in [2.75, 3.05) is 6.54 Å². The predicted octanol–water partition coefficient (Wildman–Crippen LogP) is 4.17. The smallest absolute Gasteiger partial charge is 0.323 e. The molecule has 27 heavy (non-hydrogen) atoms. The van der Waals surface area contributed by atoms with Gasteiger partial charge in [-0.15, -0.1) is 0 Å². The van der Waals surface area contributed by atoms with Crippen LogP contribution < -0.4 is 5.32 Å². The van der Waals surface area contributed by atoms with Gasteiger partial charge in [0.1, 0.15) is 12.6 Å². The van der Waals surface area contributed by atoms with E-state index in [1.807, 2.05) is 78.9 Å². The van der Waals surface area contributed by atoms with E-state index in [1.165, 1.54) is 5.56 Å². The third kappa shape index (κ3) is 6.39. The van der Waals surface area contributed by atoms with Crippen LogP contribution in [0.15, 0.2) is 91.0 Å². The van der Waals surface area contributed by atoms with E-state index in [4.69, 9.17) is 4.74 Å². The Morgan fingerprint density at radius 3 is 1.85 bits per heavy atom. The van der Waals surface area contributed by atoms with Crippen molar-refractivity contribution in [3.8, 4) is 0 Å². The van der Waals surface area contributed by atoms with E-state index >= 15 is 0 Å². The lowest BCUT2D eigenvalue weighted by Gasteiger charge is -2.18. The minimum absolute atomic E-state index is 0.212. The number of carbonyl (C=O) groups excluding carboxylic acids is 1. The maximum absolute atomic E-state index is 12.7. The van der Waals surface area contributed by atoms with Gasteiger partial charge < -0.3 is 10.1 Å². The maximum atomic E-state index is 12.7. The van der Waals surface area contributed by atoms with Crippen molar-refractivity contribution in [2.24, 2.45) is 0 Å². The van der Waals surface area contributed by atoms with Crippen molar-refractivity contribution in [3.63, 3.8) is 0 Å². The highest BCUT2D eigenvalue weighted by Crippen LogP contribution is 2.08. The van der Waals surface area contributed by atoms with E-state index in [0.29, 0.717) is 13.0 Å². The molecule has 0 spiro atoms. The molecule has 1 unspecified atom stereocenters. The van der Waals surface area contributed by atoms with Crippen LogP contribution in [-0.2, 0) is 29.0 Å². The molecule has 0 bridgehead atoms. The molecule has 0 aromatic heterocycles. The summed E-state index contributed by atoms with van der Waals surface area (Å²) in [6.45, 7) is 1.02. The summed E-state index contributed by atoms with van der Waals surface area (Å²) in [5, 5.41) is 3.38. The molecule has 0 saturated carbocycles.